The first-order chi connectivity index (χ1) is 15.7. The van der Waals surface area contributed by atoms with E-state index in [4.69, 9.17) is 4.74 Å². The SMILES string of the molecule is CC(=O)NC[C@@H]1OC(=O)N2c3ccc(-c4ccc(-n5cc(C(C)(C)C)nn5)nc4)cc3C[C@@H]12. The molecule has 1 fully saturated rings. The third kappa shape index (κ3) is 3.83. The molecule has 1 saturated heterocycles. The summed E-state index contributed by atoms with van der Waals surface area (Å²) in [7, 11) is 0. The van der Waals surface area contributed by atoms with Crippen LogP contribution < -0.4 is 10.2 Å². The van der Waals surface area contributed by atoms with E-state index >= 15 is 0 Å². The van der Waals surface area contributed by atoms with Gasteiger partial charge in [-0.05, 0) is 41.8 Å². The number of carbonyl (C=O) groups excluding carboxylic acids is 2. The van der Waals surface area contributed by atoms with Crippen LogP contribution in [0.25, 0.3) is 16.9 Å². The van der Waals surface area contributed by atoms with Gasteiger partial charge in [0.05, 0.1) is 30.2 Å². The zero-order valence-electron chi connectivity index (χ0n) is 19.1. The molecule has 0 aliphatic carbocycles. The van der Waals surface area contributed by atoms with Gasteiger partial charge in [0.25, 0.3) is 0 Å². The van der Waals surface area contributed by atoms with Gasteiger partial charge in [-0.1, -0.05) is 32.1 Å². The summed E-state index contributed by atoms with van der Waals surface area (Å²) in [5.41, 5.74) is 4.77. The van der Waals surface area contributed by atoms with Crippen molar-refractivity contribution in [3.63, 3.8) is 0 Å². The summed E-state index contributed by atoms with van der Waals surface area (Å²) in [5.74, 6) is 0.561. The van der Waals surface area contributed by atoms with Crippen LogP contribution in [0.3, 0.4) is 0 Å². The summed E-state index contributed by atoms with van der Waals surface area (Å²) < 4.78 is 7.16. The normalized spacial score (nSPS) is 19.3. The van der Waals surface area contributed by atoms with Gasteiger partial charge >= 0.3 is 6.09 Å². The lowest BCUT2D eigenvalue weighted by molar-refractivity contribution is -0.119. The highest BCUT2D eigenvalue weighted by molar-refractivity contribution is 5.94. The molecule has 2 aliphatic heterocycles. The number of carbonyl (C=O) groups is 2. The Bertz CT molecular complexity index is 1230. The molecule has 1 N–H and O–H groups in total. The Hall–Kier alpha value is -3.75. The Morgan fingerprint density at radius 1 is 1.21 bits per heavy atom. The molecule has 0 bridgehead atoms. The average Bonchev–Trinajstić information content (AvgIpc) is 3.47. The van der Waals surface area contributed by atoms with E-state index in [1.54, 1.807) is 9.58 Å². The molecule has 170 valence electrons. The number of nitrogens with zero attached hydrogens (tertiary/aromatic N) is 5. The fourth-order valence-electron chi connectivity index (χ4n) is 4.29. The molecular formula is C24H26N6O3. The van der Waals surface area contributed by atoms with Crippen molar-refractivity contribution < 1.29 is 14.3 Å². The molecule has 2 amide bonds. The monoisotopic (exact) mass is 446 g/mol. The fraction of sp³-hybridized carbons (Fsp3) is 0.375. The van der Waals surface area contributed by atoms with Crippen LogP contribution in [0.4, 0.5) is 10.5 Å². The summed E-state index contributed by atoms with van der Waals surface area (Å²) in [4.78, 5) is 30.0. The number of fused-ring (bicyclic) bond motifs is 3. The van der Waals surface area contributed by atoms with Crippen LogP contribution in [0.5, 0.6) is 0 Å². The first-order valence-corrected chi connectivity index (χ1v) is 11.0. The largest absolute Gasteiger partial charge is 0.442 e. The van der Waals surface area contributed by atoms with Gasteiger partial charge in [0.1, 0.15) is 6.10 Å². The van der Waals surface area contributed by atoms with E-state index < -0.39 is 0 Å². The lowest BCUT2D eigenvalue weighted by Crippen LogP contribution is -2.40. The molecule has 0 radical (unpaired) electrons. The summed E-state index contributed by atoms with van der Waals surface area (Å²) in [5, 5.41) is 11.2. The van der Waals surface area contributed by atoms with Crippen molar-refractivity contribution in [1.82, 2.24) is 25.3 Å². The van der Waals surface area contributed by atoms with Crippen molar-refractivity contribution >= 4 is 17.7 Å². The number of aromatic nitrogens is 4. The zero-order valence-corrected chi connectivity index (χ0v) is 19.1. The van der Waals surface area contributed by atoms with E-state index in [0.717, 1.165) is 28.1 Å². The van der Waals surface area contributed by atoms with Crippen molar-refractivity contribution in [1.29, 1.82) is 0 Å². The Kier molecular flexibility index (Phi) is 4.92. The maximum absolute atomic E-state index is 12.4. The molecule has 0 spiro atoms. The van der Waals surface area contributed by atoms with Crippen molar-refractivity contribution in [3.8, 4) is 16.9 Å². The van der Waals surface area contributed by atoms with Crippen molar-refractivity contribution in [2.45, 2.75) is 51.7 Å². The van der Waals surface area contributed by atoms with E-state index in [1.165, 1.54) is 6.92 Å². The maximum Gasteiger partial charge on any atom is 0.415 e. The number of hydrogen-bond acceptors (Lipinski definition) is 6. The second-order valence-corrected chi connectivity index (χ2v) is 9.55. The molecule has 9 heteroatoms. The number of hydrogen-bond donors (Lipinski definition) is 1. The number of ether oxygens (including phenoxy) is 1. The van der Waals surface area contributed by atoms with Gasteiger partial charge in [-0.3, -0.25) is 9.69 Å². The lowest BCUT2D eigenvalue weighted by atomic mass is 9.93. The Labute approximate surface area is 191 Å². The molecule has 9 nitrogen and oxygen atoms in total. The van der Waals surface area contributed by atoms with Crippen LogP contribution in [0.1, 0.15) is 39.0 Å². The highest BCUT2D eigenvalue weighted by Gasteiger charge is 2.47. The maximum atomic E-state index is 12.4. The summed E-state index contributed by atoms with van der Waals surface area (Å²) in [6, 6.07) is 9.85. The van der Waals surface area contributed by atoms with Crippen LogP contribution in [0, 0.1) is 0 Å². The van der Waals surface area contributed by atoms with Gasteiger partial charge in [0.2, 0.25) is 5.91 Å². The van der Waals surface area contributed by atoms with E-state index in [9.17, 15) is 9.59 Å². The van der Waals surface area contributed by atoms with Crippen LogP contribution in [-0.4, -0.2) is 50.7 Å². The van der Waals surface area contributed by atoms with E-state index in [2.05, 4.69) is 47.5 Å². The predicted molar refractivity (Wildman–Crippen MR) is 122 cm³/mol. The Balaban J connectivity index is 1.36. The second kappa shape index (κ2) is 7.68. The molecule has 2 atom stereocenters. The highest BCUT2D eigenvalue weighted by Crippen LogP contribution is 2.40. The number of anilines is 1. The molecule has 33 heavy (non-hydrogen) atoms. The van der Waals surface area contributed by atoms with Crippen LogP contribution in [-0.2, 0) is 21.4 Å². The number of pyridine rings is 1. The fourth-order valence-corrected chi connectivity index (χ4v) is 4.29. The quantitative estimate of drug-likeness (QED) is 0.661. The second-order valence-electron chi connectivity index (χ2n) is 9.55. The first kappa shape index (κ1) is 21.1. The van der Waals surface area contributed by atoms with E-state index in [-0.39, 0.29) is 29.6 Å². The number of benzene rings is 1. The Morgan fingerprint density at radius 3 is 2.67 bits per heavy atom. The molecule has 2 aromatic heterocycles. The average molecular weight is 447 g/mol. The highest BCUT2D eigenvalue weighted by atomic mass is 16.6. The number of cyclic esters (lactones) is 1. The third-order valence-corrected chi connectivity index (χ3v) is 6.11. The van der Waals surface area contributed by atoms with E-state index in [0.29, 0.717) is 18.8 Å². The van der Waals surface area contributed by atoms with Gasteiger partial charge in [-0.2, -0.15) is 0 Å². The zero-order chi connectivity index (χ0) is 23.3. The topological polar surface area (TPSA) is 102 Å². The summed E-state index contributed by atoms with van der Waals surface area (Å²) >= 11 is 0. The molecule has 2 aliphatic rings. The Morgan fingerprint density at radius 2 is 2.00 bits per heavy atom. The van der Waals surface area contributed by atoms with Crippen LogP contribution in [0.2, 0.25) is 0 Å². The van der Waals surface area contributed by atoms with Crippen molar-refractivity contribution in [2.75, 3.05) is 11.4 Å². The van der Waals surface area contributed by atoms with E-state index in [1.807, 2.05) is 36.7 Å². The van der Waals surface area contributed by atoms with Crippen LogP contribution >= 0.6 is 0 Å². The van der Waals surface area contributed by atoms with Crippen LogP contribution in [0.15, 0.2) is 42.7 Å². The molecule has 3 aromatic rings. The molecule has 5 rings (SSSR count). The molecular weight excluding hydrogens is 420 g/mol. The number of nitrogens with one attached hydrogen (secondary N) is 1. The molecule has 4 heterocycles. The first-order valence-electron chi connectivity index (χ1n) is 11.0. The minimum Gasteiger partial charge on any atom is -0.442 e. The summed E-state index contributed by atoms with van der Waals surface area (Å²) in [6.07, 6.45) is 3.67. The lowest BCUT2D eigenvalue weighted by Gasteiger charge is -2.16. The standard InChI is InChI=1S/C24H26N6O3/c1-14(31)25-12-20-19-10-17-9-15(5-7-18(17)30(19)23(32)33-20)16-6-8-22(26-11-16)29-13-21(27-28-29)24(2,3)4/h5-9,11,13,19-20H,10,12H2,1-4H3,(H,25,31)/t19-,20-/m0/s1. The van der Waals surface area contributed by atoms with Gasteiger partial charge in [-0.25, -0.2) is 14.5 Å². The third-order valence-electron chi connectivity index (χ3n) is 6.11. The number of rotatable bonds is 4. The van der Waals surface area contributed by atoms with Gasteiger partial charge in [0.15, 0.2) is 5.82 Å². The van der Waals surface area contributed by atoms with Gasteiger partial charge in [0, 0.05) is 24.1 Å². The molecule has 1 aromatic carbocycles. The summed E-state index contributed by atoms with van der Waals surface area (Å²) in [6.45, 7) is 8.05. The number of amides is 2. The smallest absolute Gasteiger partial charge is 0.415 e. The van der Waals surface area contributed by atoms with Crippen molar-refractivity contribution in [3.05, 3.63) is 54.0 Å². The predicted octanol–water partition coefficient (Wildman–Crippen LogP) is 3.01. The van der Waals surface area contributed by atoms with Crippen molar-refractivity contribution in [2.24, 2.45) is 0 Å². The molecule has 0 saturated carbocycles. The minimum atomic E-state index is -0.365. The van der Waals surface area contributed by atoms with Gasteiger partial charge in [-0.15, -0.1) is 5.10 Å². The minimum absolute atomic E-state index is 0.0789. The molecule has 0 unspecified atom stereocenters. The van der Waals surface area contributed by atoms with Gasteiger partial charge < -0.3 is 10.1 Å².